The van der Waals surface area contributed by atoms with E-state index >= 15 is 0 Å². The van der Waals surface area contributed by atoms with Crippen LogP contribution in [0.1, 0.15) is 18.7 Å². The number of hydrogen-bond donors (Lipinski definition) is 1. The van der Waals surface area contributed by atoms with E-state index in [1.807, 2.05) is 18.2 Å². The topological polar surface area (TPSA) is 67.5 Å². The maximum absolute atomic E-state index is 13.8. The average Bonchev–Trinajstić information content (AvgIpc) is 3.22. The van der Waals surface area contributed by atoms with Crippen LogP contribution in [0.5, 0.6) is 5.75 Å². The highest BCUT2D eigenvalue weighted by molar-refractivity contribution is 5.77. The Morgan fingerprint density at radius 2 is 2.03 bits per heavy atom. The minimum Gasteiger partial charge on any atom is -0.489 e. The van der Waals surface area contributed by atoms with E-state index in [1.54, 1.807) is 24.3 Å². The van der Waals surface area contributed by atoms with Gasteiger partial charge in [0.15, 0.2) is 11.6 Å². The van der Waals surface area contributed by atoms with E-state index in [2.05, 4.69) is 14.9 Å². The van der Waals surface area contributed by atoms with Crippen LogP contribution >= 0.6 is 0 Å². The molecule has 4 rings (SSSR count). The molecule has 0 radical (unpaired) electrons. The van der Waals surface area contributed by atoms with E-state index in [0.29, 0.717) is 43.0 Å². The van der Waals surface area contributed by atoms with Gasteiger partial charge in [-0.1, -0.05) is 24.3 Å². The molecule has 6 nitrogen and oxygen atoms in total. The van der Waals surface area contributed by atoms with Crippen molar-refractivity contribution in [2.75, 3.05) is 26.3 Å². The van der Waals surface area contributed by atoms with Gasteiger partial charge in [0.1, 0.15) is 12.4 Å². The number of halogens is 1. The molecule has 2 aromatic carbocycles. The first-order chi connectivity index (χ1) is 14.2. The van der Waals surface area contributed by atoms with Crippen molar-refractivity contribution in [1.29, 1.82) is 0 Å². The fraction of sp³-hybridized carbons (Fsp3) is 0.364. The van der Waals surface area contributed by atoms with Crippen LogP contribution in [0, 0.1) is 5.82 Å². The molecule has 1 saturated heterocycles. The first kappa shape index (κ1) is 19.5. The molecule has 1 N–H and O–H groups in total. The van der Waals surface area contributed by atoms with Gasteiger partial charge >= 0.3 is 0 Å². The number of nitrogens with one attached hydrogen (secondary N) is 1. The number of hydrogen-bond acceptors (Lipinski definition) is 5. The molecular weight excluding hydrogens is 373 g/mol. The molecule has 1 atom stereocenters. The monoisotopic (exact) mass is 397 g/mol. The van der Waals surface area contributed by atoms with Gasteiger partial charge in [0.25, 0.3) is 5.56 Å². The SMILES string of the molecule is O=c1[nH]c(CN(CCOc2ccccc2F)CC2CCCO2)nc2ccccc12. The van der Waals surface area contributed by atoms with E-state index in [-0.39, 0.29) is 23.2 Å². The molecule has 0 aliphatic carbocycles. The lowest BCUT2D eigenvalue weighted by molar-refractivity contribution is 0.0642. The fourth-order valence-electron chi connectivity index (χ4n) is 3.58. The van der Waals surface area contributed by atoms with Crippen LogP contribution < -0.4 is 10.3 Å². The molecule has 3 aromatic rings. The molecule has 29 heavy (non-hydrogen) atoms. The Hall–Kier alpha value is -2.77. The summed E-state index contributed by atoms with van der Waals surface area (Å²) in [5.74, 6) is 0.457. The third-order valence-corrected chi connectivity index (χ3v) is 5.02. The second-order valence-electron chi connectivity index (χ2n) is 7.18. The van der Waals surface area contributed by atoms with Crippen molar-refractivity contribution >= 4 is 10.9 Å². The third kappa shape index (κ3) is 4.99. The summed E-state index contributed by atoms with van der Waals surface area (Å²) in [6.07, 6.45) is 2.21. The van der Waals surface area contributed by atoms with Gasteiger partial charge in [0.05, 0.1) is 23.6 Å². The highest BCUT2D eigenvalue weighted by Gasteiger charge is 2.20. The number of para-hydroxylation sites is 2. The Morgan fingerprint density at radius 3 is 2.86 bits per heavy atom. The lowest BCUT2D eigenvalue weighted by Crippen LogP contribution is -2.36. The molecule has 7 heteroatoms. The largest absolute Gasteiger partial charge is 0.489 e. The van der Waals surface area contributed by atoms with Gasteiger partial charge < -0.3 is 14.5 Å². The smallest absolute Gasteiger partial charge is 0.258 e. The zero-order valence-corrected chi connectivity index (χ0v) is 16.1. The zero-order valence-electron chi connectivity index (χ0n) is 16.1. The quantitative estimate of drug-likeness (QED) is 0.633. The predicted molar refractivity (Wildman–Crippen MR) is 109 cm³/mol. The Balaban J connectivity index is 1.46. The summed E-state index contributed by atoms with van der Waals surface area (Å²) in [5.41, 5.74) is 0.524. The standard InChI is InChI=1S/C22H24FN3O3/c23-18-8-2-4-10-20(18)29-13-11-26(14-16-6-5-12-28-16)15-21-24-19-9-3-1-7-17(19)22(27)25-21/h1-4,7-10,16H,5-6,11-15H2,(H,24,25,27). The van der Waals surface area contributed by atoms with Crippen LogP contribution in [0.3, 0.4) is 0 Å². The summed E-state index contributed by atoms with van der Waals surface area (Å²) in [6, 6.07) is 13.6. The van der Waals surface area contributed by atoms with Crippen molar-refractivity contribution in [2.24, 2.45) is 0 Å². The number of nitrogens with zero attached hydrogens (tertiary/aromatic N) is 2. The molecule has 0 bridgehead atoms. The Bertz CT molecular complexity index is 1020. The first-order valence-electron chi connectivity index (χ1n) is 9.88. The van der Waals surface area contributed by atoms with Gasteiger partial charge in [-0.3, -0.25) is 9.69 Å². The molecule has 0 saturated carbocycles. The van der Waals surface area contributed by atoms with E-state index in [1.165, 1.54) is 6.07 Å². The highest BCUT2D eigenvalue weighted by atomic mass is 19.1. The molecule has 1 unspecified atom stereocenters. The lowest BCUT2D eigenvalue weighted by Gasteiger charge is -2.24. The summed E-state index contributed by atoms with van der Waals surface area (Å²) < 4.78 is 25.2. The highest BCUT2D eigenvalue weighted by Crippen LogP contribution is 2.17. The second-order valence-corrected chi connectivity index (χ2v) is 7.18. The number of benzene rings is 2. The van der Waals surface area contributed by atoms with Crippen molar-refractivity contribution in [1.82, 2.24) is 14.9 Å². The minimum atomic E-state index is -0.376. The first-order valence-corrected chi connectivity index (χ1v) is 9.88. The normalized spacial score (nSPS) is 16.6. The Kier molecular flexibility index (Phi) is 6.17. The maximum Gasteiger partial charge on any atom is 0.258 e. The van der Waals surface area contributed by atoms with Crippen LogP contribution in [0.15, 0.2) is 53.3 Å². The molecule has 1 fully saturated rings. The second kappa shape index (κ2) is 9.15. The summed E-state index contributed by atoms with van der Waals surface area (Å²) in [6.45, 7) is 2.82. The Morgan fingerprint density at radius 1 is 1.21 bits per heavy atom. The lowest BCUT2D eigenvalue weighted by atomic mass is 10.2. The summed E-state index contributed by atoms with van der Waals surface area (Å²) in [7, 11) is 0. The van der Waals surface area contributed by atoms with Crippen molar-refractivity contribution < 1.29 is 13.9 Å². The minimum absolute atomic E-state index is 0.148. The van der Waals surface area contributed by atoms with E-state index in [0.717, 1.165) is 19.4 Å². The van der Waals surface area contributed by atoms with Crippen LogP contribution in [0.4, 0.5) is 4.39 Å². The van der Waals surface area contributed by atoms with Crippen LogP contribution in [-0.2, 0) is 11.3 Å². The number of rotatable bonds is 8. The number of aromatic amines is 1. The molecule has 1 aromatic heterocycles. The average molecular weight is 397 g/mol. The third-order valence-electron chi connectivity index (χ3n) is 5.02. The van der Waals surface area contributed by atoms with Crippen molar-refractivity contribution in [3.63, 3.8) is 0 Å². The van der Waals surface area contributed by atoms with Crippen LogP contribution in [-0.4, -0.2) is 47.3 Å². The van der Waals surface area contributed by atoms with Gasteiger partial charge in [-0.25, -0.2) is 9.37 Å². The fourth-order valence-corrected chi connectivity index (χ4v) is 3.58. The van der Waals surface area contributed by atoms with Crippen LogP contribution in [0.2, 0.25) is 0 Å². The zero-order chi connectivity index (χ0) is 20.1. The van der Waals surface area contributed by atoms with Gasteiger partial charge in [-0.2, -0.15) is 0 Å². The van der Waals surface area contributed by atoms with Crippen molar-refractivity contribution in [3.05, 3.63) is 70.5 Å². The Labute approximate surface area is 168 Å². The van der Waals surface area contributed by atoms with Gasteiger partial charge in [0, 0.05) is 19.7 Å². The van der Waals surface area contributed by atoms with Crippen molar-refractivity contribution in [3.8, 4) is 5.75 Å². The number of ether oxygens (including phenoxy) is 2. The van der Waals surface area contributed by atoms with E-state index in [4.69, 9.17) is 9.47 Å². The molecular formula is C22H24FN3O3. The van der Waals surface area contributed by atoms with Gasteiger partial charge in [0.2, 0.25) is 0 Å². The molecule has 1 aliphatic rings. The van der Waals surface area contributed by atoms with E-state index in [9.17, 15) is 9.18 Å². The maximum atomic E-state index is 13.8. The molecule has 0 spiro atoms. The number of fused-ring (bicyclic) bond motifs is 1. The summed E-state index contributed by atoms with van der Waals surface area (Å²) in [5, 5.41) is 0.574. The molecule has 2 heterocycles. The van der Waals surface area contributed by atoms with Gasteiger partial charge in [-0.15, -0.1) is 0 Å². The summed E-state index contributed by atoms with van der Waals surface area (Å²) >= 11 is 0. The number of aromatic nitrogens is 2. The van der Waals surface area contributed by atoms with Crippen molar-refractivity contribution in [2.45, 2.75) is 25.5 Å². The number of H-pyrrole nitrogens is 1. The molecule has 0 amide bonds. The molecule has 1 aliphatic heterocycles. The van der Waals surface area contributed by atoms with Gasteiger partial charge in [-0.05, 0) is 37.1 Å². The predicted octanol–water partition coefficient (Wildman–Crippen LogP) is 3.12. The van der Waals surface area contributed by atoms with Crippen LogP contribution in [0.25, 0.3) is 10.9 Å². The van der Waals surface area contributed by atoms with E-state index < -0.39 is 0 Å². The summed E-state index contributed by atoms with van der Waals surface area (Å²) in [4.78, 5) is 22.0. The molecule has 152 valence electrons.